The van der Waals surface area contributed by atoms with E-state index in [1.807, 2.05) is 23.6 Å². The Hall–Kier alpha value is -2.07. The van der Waals surface area contributed by atoms with E-state index in [1.54, 1.807) is 6.07 Å². The second kappa shape index (κ2) is 4.80. The summed E-state index contributed by atoms with van der Waals surface area (Å²) < 4.78 is 15.9. The molecule has 0 bridgehead atoms. The predicted molar refractivity (Wildman–Crippen MR) is 77.5 cm³/mol. The molecule has 0 radical (unpaired) electrons. The molecular formula is C15H12ClFN2O. The number of nitrogens with zero attached hydrogens (tertiary/aromatic N) is 2. The summed E-state index contributed by atoms with van der Waals surface area (Å²) in [5.74, 6) is -0.0724. The molecule has 1 N–H and O–H groups in total. The summed E-state index contributed by atoms with van der Waals surface area (Å²) in [6.07, 6.45) is 0. The third-order valence-corrected chi connectivity index (χ3v) is 3.46. The molecular weight excluding hydrogens is 279 g/mol. The molecule has 0 aliphatic rings. The van der Waals surface area contributed by atoms with Crippen molar-refractivity contribution in [1.82, 2.24) is 9.55 Å². The molecule has 0 unspecified atom stereocenters. The van der Waals surface area contributed by atoms with Gasteiger partial charge in [0.05, 0.1) is 16.6 Å². The highest BCUT2D eigenvalue weighted by Crippen LogP contribution is 2.29. The van der Waals surface area contributed by atoms with Crippen molar-refractivity contribution in [3.05, 3.63) is 47.2 Å². The molecule has 0 aliphatic heterocycles. The Morgan fingerprint density at radius 3 is 2.75 bits per heavy atom. The van der Waals surface area contributed by atoms with Gasteiger partial charge in [0, 0.05) is 17.6 Å². The number of rotatable bonds is 2. The van der Waals surface area contributed by atoms with Crippen molar-refractivity contribution in [3.63, 3.8) is 0 Å². The highest BCUT2D eigenvalue weighted by atomic mass is 35.5. The predicted octanol–water partition coefficient (Wildman–Crippen LogP) is 4.22. The third-order valence-electron chi connectivity index (χ3n) is 3.22. The van der Waals surface area contributed by atoms with Gasteiger partial charge in [0.15, 0.2) is 0 Å². The Bertz CT molecular complexity index is 798. The summed E-state index contributed by atoms with van der Waals surface area (Å²) in [4.78, 5) is 4.47. The molecule has 3 nitrogen and oxygen atoms in total. The Balaban J connectivity index is 2.30. The first-order valence-corrected chi connectivity index (χ1v) is 6.62. The minimum absolute atomic E-state index is 0.103. The van der Waals surface area contributed by atoms with Crippen LogP contribution in [-0.2, 0) is 6.54 Å². The monoisotopic (exact) mass is 290 g/mol. The van der Waals surface area contributed by atoms with Crippen LogP contribution in [0.1, 0.15) is 6.92 Å². The lowest BCUT2D eigenvalue weighted by molar-refractivity contribution is 0.469. The van der Waals surface area contributed by atoms with Crippen LogP contribution in [0, 0.1) is 5.82 Å². The quantitative estimate of drug-likeness (QED) is 0.767. The van der Waals surface area contributed by atoms with E-state index in [4.69, 9.17) is 11.6 Å². The molecule has 5 heteroatoms. The van der Waals surface area contributed by atoms with E-state index in [0.29, 0.717) is 23.0 Å². The normalized spacial score (nSPS) is 11.2. The first-order valence-electron chi connectivity index (χ1n) is 6.25. The molecule has 3 rings (SSSR count). The molecule has 3 aromatic rings. The van der Waals surface area contributed by atoms with Crippen molar-refractivity contribution < 1.29 is 9.50 Å². The van der Waals surface area contributed by atoms with Crippen molar-refractivity contribution in [2.45, 2.75) is 13.5 Å². The molecule has 0 amide bonds. The highest BCUT2D eigenvalue weighted by Gasteiger charge is 2.15. The molecule has 1 aromatic heterocycles. The van der Waals surface area contributed by atoms with Crippen molar-refractivity contribution in [2.75, 3.05) is 0 Å². The van der Waals surface area contributed by atoms with Crippen molar-refractivity contribution in [1.29, 1.82) is 0 Å². The number of benzene rings is 2. The fourth-order valence-corrected chi connectivity index (χ4v) is 2.47. The molecule has 20 heavy (non-hydrogen) atoms. The zero-order chi connectivity index (χ0) is 14.3. The molecule has 0 aliphatic carbocycles. The van der Waals surface area contributed by atoms with Gasteiger partial charge >= 0.3 is 0 Å². The second-order valence-electron chi connectivity index (χ2n) is 4.48. The first-order chi connectivity index (χ1) is 9.60. The standard InChI is InChI=1S/C15H12ClFN2O/c1-2-19-14-7-9(16)3-6-13(14)18-15(19)11-5-4-10(20)8-12(11)17/h3-8,20H,2H2,1H3. The third kappa shape index (κ3) is 2.02. The lowest BCUT2D eigenvalue weighted by Gasteiger charge is -2.07. The number of hydrogen-bond donors (Lipinski definition) is 1. The summed E-state index contributed by atoms with van der Waals surface area (Å²) in [7, 11) is 0. The number of imidazole rings is 1. The van der Waals surface area contributed by atoms with Gasteiger partial charge in [0.25, 0.3) is 0 Å². The van der Waals surface area contributed by atoms with Gasteiger partial charge in [-0.25, -0.2) is 9.37 Å². The topological polar surface area (TPSA) is 38.0 Å². The van der Waals surface area contributed by atoms with Crippen LogP contribution in [0.2, 0.25) is 5.02 Å². The van der Waals surface area contributed by atoms with Crippen LogP contribution in [0.15, 0.2) is 36.4 Å². The van der Waals surface area contributed by atoms with E-state index in [1.165, 1.54) is 12.1 Å². The molecule has 102 valence electrons. The van der Waals surface area contributed by atoms with Gasteiger partial charge in [0.2, 0.25) is 0 Å². The lowest BCUT2D eigenvalue weighted by atomic mass is 10.2. The maximum absolute atomic E-state index is 14.0. The van der Waals surface area contributed by atoms with E-state index in [0.717, 1.165) is 17.1 Å². The molecule has 0 spiro atoms. The number of hydrogen-bond acceptors (Lipinski definition) is 2. The summed E-state index contributed by atoms with van der Waals surface area (Å²) in [5.41, 5.74) is 1.98. The van der Waals surface area contributed by atoms with Gasteiger partial charge in [-0.1, -0.05) is 11.6 Å². The minimum Gasteiger partial charge on any atom is -0.508 e. The highest BCUT2D eigenvalue weighted by molar-refractivity contribution is 6.31. The zero-order valence-corrected chi connectivity index (χ0v) is 11.5. The summed E-state index contributed by atoms with van der Waals surface area (Å²) in [6, 6.07) is 9.45. The average molecular weight is 291 g/mol. The van der Waals surface area contributed by atoms with Crippen LogP contribution in [0.3, 0.4) is 0 Å². The van der Waals surface area contributed by atoms with Gasteiger partial charge in [-0.3, -0.25) is 0 Å². The number of aromatic nitrogens is 2. The number of phenols is 1. The van der Waals surface area contributed by atoms with Gasteiger partial charge < -0.3 is 9.67 Å². The number of aryl methyl sites for hydroxylation is 1. The van der Waals surface area contributed by atoms with Gasteiger partial charge in [-0.05, 0) is 37.3 Å². The maximum Gasteiger partial charge on any atom is 0.144 e. The smallest absolute Gasteiger partial charge is 0.144 e. The van der Waals surface area contributed by atoms with Crippen molar-refractivity contribution >= 4 is 22.6 Å². The lowest BCUT2D eigenvalue weighted by Crippen LogP contribution is -1.99. The molecule has 2 aromatic carbocycles. The summed E-state index contributed by atoms with van der Waals surface area (Å²) in [6.45, 7) is 2.61. The van der Waals surface area contributed by atoms with Gasteiger partial charge in [0.1, 0.15) is 17.4 Å². The minimum atomic E-state index is -0.499. The molecule has 0 saturated carbocycles. The van der Waals surface area contributed by atoms with Crippen molar-refractivity contribution in [3.8, 4) is 17.1 Å². The SMILES string of the molecule is CCn1c(-c2ccc(O)cc2F)nc2ccc(Cl)cc21. The van der Waals surface area contributed by atoms with E-state index in [2.05, 4.69) is 4.98 Å². The summed E-state index contributed by atoms with van der Waals surface area (Å²) >= 11 is 6.01. The fraction of sp³-hybridized carbons (Fsp3) is 0.133. The van der Waals surface area contributed by atoms with Crippen molar-refractivity contribution in [2.24, 2.45) is 0 Å². The Morgan fingerprint density at radius 2 is 2.05 bits per heavy atom. The molecule has 0 fully saturated rings. The van der Waals surface area contributed by atoms with Crippen LogP contribution in [0.4, 0.5) is 4.39 Å². The van der Waals surface area contributed by atoms with Crippen LogP contribution in [0.5, 0.6) is 5.75 Å². The second-order valence-corrected chi connectivity index (χ2v) is 4.91. The van der Waals surface area contributed by atoms with Crippen LogP contribution >= 0.6 is 11.6 Å². The van der Waals surface area contributed by atoms with Crippen LogP contribution < -0.4 is 0 Å². The molecule has 0 atom stereocenters. The Labute approximate surface area is 120 Å². The van der Waals surface area contributed by atoms with Crippen LogP contribution in [0.25, 0.3) is 22.4 Å². The van der Waals surface area contributed by atoms with Crippen LogP contribution in [-0.4, -0.2) is 14.7 Å². The maximum atomic E-state index is 14.0. The molecule has 1 heterocycles. The first kappa shape index (κ1) is 12.9. The van der Waals surface area contributed by atoms with Gasteiger partial charge in [-0.15, -0.1) is 0 Å². The number of fused-ring (bicyclic) bond motifs is 1. The van der Waals surface area contributed by atoms with E-state index >= 15 is 0 Å². The molecule has 0 saturated heterocycles. The number of phenolic OH excluding ortho intramolecular Hbond substituents is 1. The Kier molecular flexibility index (Phi) is 3.10. The van der Waals surface area contributed by atoms with E-state index < -0.39 is 5.82 Å². The number of aromatic hydroxyl groups is 1. The van der Waals surface area contributed by atoms with E-state index in [9.17, 15) is 9.50 Å². The fourth-order valence-electron chi connectivity index (χ4n) is 2.31. The largest absolute Gasteiger partial charge is 0.508 e. The average Bonchev–Trinajstić information content (AvgIpc) is 2.76. The number of halogens is 2. The summed E-state index contributed by atoms with van der Waals surface area (Å²) in [5, 5.41) is 9.92. The van der Waals surface area contributed by atoms with Gasteiger partial charge in [-0.2, -0.15) is 0 Å². The Morgan fingerprint density at radius 1 is 1.25 bits per heavy atom. The zero-order valence-electron chi connectivity index (χ0n) is 10.8. The van der Waals surface area contributed by atoms with E-state index in [-0.39, 0.29) is 5.75 Å².